The predicted molar refractivity (Wildman–Crippen MR) is 106 cm³/mol. The van der Waals surface area contributed by atoms with Crippen molar-refractivity contribution in [1.82, 2.24) is 15.1 Å². The smallest absolute Gasteiger partial charge is 0.317 e. The number of thiophene rings is 1. The maximum atomic E-state index is 12.7. The summed E-state index contributed by atoms with van der Waals surface area (Å²) in [7, 11) is 1.76. The molecule has 7 nitrogen and oxygen atoms in total. The summed E-state index contributed by atoms with van der Waals surface area (Å²) < 4.78 is 5.73. The number of ether oxygens (including phenoxy) is 1. The lowest BCUT2D eigenvalue weighted by Gasteiger charge is -2.35. The van der Waals surface area contributed by atoms with Gasteiger partial charge in [0.25, 0.3) is 0 Å². The third-order valence-electron chi connectivity index (χ3n) is 4.51. The summed E-state index contributed by atoms with van der Waals surface area (Å²) >= 11 is 1.66. The molecule has 0 saturated carbocycles. The second kappa shape index (κ2) is 9.64. The van der Waals surface area contributed by atoms with Gasteiger partial charge in [-0.3, -0.25) is 19.4 Å². The van der Waals surface area contributed by atoms with Crippen LogP contribution in [0.2, 0.25) is 0 Å². The Kier molecular flexibility index (Phi) is 7.79. The minimum absolute atomic E-state index is 0.00265. The standard InChI is InChI=1S/C19H31N3O4S/c1-19(2,3)18(15-6-5-9-27-15)20-16(23)12-22-7-8-26-14(11-22)10-21(4)13-17(24)25/h5-6,9,14,18H,7-8,10-13H2,1-4H3,(H,20,23)(H,24,25). The van der Waals surface area contributed by atoms with E-state index in [1.807, 2.05) is 11.4 Å². The van der Waals surface area contributed by atoms with Crippen LogP contribution in [0, 0.1) is 5.41 Å². The molecular weight excluding hydrogens is 366 g/mol. The van der Waals surface area contributed by atoms with Crippen LogP contribution in [-0.4, -0.2) is 79.3 Å². The van der Waals surface area contributed by atoms with Gasteiger partial charge in [0.2, 0.25) is 5.91 Å². The first kappa shape index (κ1) is 21.8. The SMILES string of the molecule is CN(CC(=O)O)CC1CN(CC(=O)NC(c2cccs2)C(C)(C)C)CCO1. The number of hydrogen-bond acceptors (Lipinski definition) is 6. The molecule has 0 spiro atoms. The van der Waals surface area contributed by atoms with E-state index >= 15 is 0 Å². The summed E-state index contributed by atoms with van der Waals surface area (Å²) in [5.74, 6) is -0.853. The molecule has 1 aliphatic rings. The summed E-state index contributed by atoms with van der Waals surface area (Å²) in [5, 5.41) is 14.1. The molecule has 1 aromatic rings. The molecule has 1 fully saturated rings. The number of carbonyl (C=O) groups is 2. The van der Waals surface area contributed by atoms with Crippen LogP contribution in [0.3, 0.4) is 0 Å². The third-order valence-corrected chi connectivity index (χ3v) is 5.45. The maximum Gasteiger partial charge on any atom is 0.317 e. The minimum atomic E-state index is -0.855. The highest BCUT2D eigenvalue weighted by Gasteiger charge is 2.30. The molecule has 1 saturated heterocycles. The zero-order valence-electron chi connectivity index (χ0n) is 16.6. The lowest BCUT2D eigenvalue weighted by Crippen LogP contribution is -2.51. The summed E-state index contributed by atoms with van der Waals surface area (Å²) in [4.78, 5) is 28.4. The molecule has 0 bridgehead atoms. The molecule has 0 aromatic carbocycles. The maximum absolute atomic E-state index is 12.7. The van der Waals surface area contributed by atoms with Crippen LogP contribution in [0.25, 0.3) is 0 Å². The van der Waals surface area contributed by atoms with E-state index in [4.69, 9.17) is 9.84 Å². The number of nitrogens with zero attached hydrogens (tertiary/aromatic N) is 2. The Morgan fingerprint density at radius 2 is 2.22 bits per heavy atom. The molecule has 27 heavy (non-hydrogen) atoms. The Morgan fingerprint density at radius 1 is 1.48 bits per heavy atom. The average molecular weight is 398 g/mol. The Hall–Kier alpha value is -1.48. The van der Waals surface area contributed by atoms with E-state index in [0.717, 1.165) is 4.88 Å². The summed E-state index contributed by atoms with van der Waals surface area (Å²) in [6.07, 6.45) is -0.0911. The number of nitrogens with one attached hydrogen (secondary N) is 1. The fourth-order valence-corrected chi connectivity index (χ4v) is 4.28. The lowest BCUT2D eigenvalue weighted by molar-refractivity contribution is -0.138. The van der Waals surface area contributed by atoms with E-state index in [2.05, 4.69) is 37.1 Å². The van der Waals surface area contributed by atoms with Crippen molar-refractivity contribution in [2.24, 2.45) is 5.41 Å². The quantitative estimate of drug-likeness (QED) is 0.694. The van der Waals surface area contributed by atoms with Gasteiger partial charge in [0.05, 0.1) is 31.8 Å². The van der Waals surface area contributed by atoms with Crippen LogP contribution < -0.4 is 5.32 Å². The van der Waals surface area contributed by atoms with Crippen LogP contribution in [0.5, 0.6) is 0 Å². The van der Waals surface area contributed by atoms with Gasteiger partial charge in [0.15, 0.2) is 0 Å². The molecule has 2 atom stereocenters. The molecule has 1 amide bonds. The molecular formula is C19H31N3O4S. The van der Waals surface area contributed by atoms with Gasteiger partial charge < -0.3 is 15.2 Å². The molecule has 0 aliphatic carbocycles. The highest BCUT2D eigenvalue weighted by Crippen LogP contribution is 2.35. The van der Waals surface area contributed by atoms with Crippen molar-refractivity contribution in [1.29, 1.82) is 0 Å². The number of aliphatic carboxylic acids is 1. The molecule has 1 aromatic heterocycles. The number of likely N-dealkylation sites (N-methyl/N-ethyl adjacent to an activating group) is 1. The van der Waals surface area contributed by atoms with Crippen molar-refractivity contribution in [2.75, 3.05) is 46.4 Å². The van der Waals surface area contributed by atoms with Gasteiger partial charge in [0.1, 0.15) is 0 Å². The number of carboxylic acids is 1. The average Bonchev–Trinajstić information content (AvgIpc) is 3.04. The first-order valence-electron chi connectivity index (χ1n) is 9.22. The fraction of sp³-hybridized carbons (Fsp3) is 0.684. The van der Waals surface area contributed by atoms with Crippen LogP contribution in [-0.2, 0) is 14.3 Å². The zero-order chi connectivity index (χ0) is 20.0. The number of rotatable bonds is 8. The molecule has 2 rings (SSSR count). The molecule has 0 radical (unpaired) electrons. The highest BCUT2D eigenvalue weighted by atomic mass is 32.1. The normalized spacial score (nSPS) is 19.8. The number of hydrogen-bond donors (Lipinski definition) is 2. The molecule has 2 unspecified atom stereocenters. The molecule has 1 aliphatic heterocycles. The van der Waals surface area contributed by atoms with Gasteiger partial charge in [-0.1, -0.05) is 26.8 Å². The number of amides is 1. The van der Waals surface area contributed by atoms with Crippen LogP contribution in [0.15, 0.2) is 17.5 Å². The van der Waals surface area contributed by atoms with Crippen molar-refractivity contribution in [2.45, 2.75) is 32.9 Å². The first-order valence-corrected chi connectivity index (χ1v) is 10.1. The minimum Gasteiger partial charge on any atom is -0.480 e. The highest BCUT2D eigenvalue weighted by molar-refractivity contribution is 7.10. The molecule has 2 N–H and O–H groups in total. The fourth-order valence-electron chi connectivity index (χ4n) is 3.26. The van der Waals surface area contributed by atoms with E-state index in [1.54, 1.807) is 23.3 Å². The first-order chi connectivity index (χ1) is 12.6. The topological polar surface area (TPSA) is 82.1 Å². The van der Waals surface area contributed by atoms with Gasteiger partial charge in [-0.05, 0) is 23.9 Å². The summed E-state index contributed by atoms with van der Waals surface area (Å²) in [6, 6.07) is 4.04. The second-order valence-corrected chi connectivity index (χ2v) is 9.18. The monoisotopic (exact) mass is 397 g/mol. The number of carbonyl (C=O) groups excluding carboxylic acids is 1. The lowest BCUT2D eigenvalue weighted by atomic mass is 9.85. The van der Waals surface area contributed by atoms with E-state index in [0.29, 0.717) is 32.8 Å². The van der Waals surface area contributed by atoms with E-state index < -0.39 is 5.97 Å². The Balaban J connectivity index is 1.88. The zero-order valence-corrected chi connectivity index (χ0v) is 17.4. The van der Waals surface area contributed by atoms with Gasteiger partial charge in [-0.2, -0.15) is 0 Å². The summed E-state index contributed by atoms with van der Waals surface area (Å²) in [6.45, 7) is 9.08. The van der Waals surface area contributed by atoms with Gasteiger partial charge in [-0.15, -0.1) is 11.3 Å². The Bertz CT molecular complexity index is 615. The van der Waals surface area contributed by atoms with Crippen LogP contribution >= 0.6 is 11.3 Å². The molecule has 8 heteroatoms. The van der Waals surface area contributed by atoms with Crippen molar-refractivity contribution < 1.29 is 19.4 Å². The van der Waals surface area contributed by atoms with Crippen LogP contribution in [0.4, 0.5) is 0 Å². The predicted octanol–water partition coefficient (Wildman–Crippen LogP) is 1.67. The van der Waals surface area contributed by atoms with Crippen molar-refractivity contribution in [3.63, 3.8) is 0 Å². The number of morpholine rings is 1. The van der Waals surface area contributed by atoms with Crippen molar-refractivity contribution >= 4 is 23.2 Å². The Morgan fingerprint density at radius 3 is 2.81 bits per heavy atom. The third kappa shape index (κ3) is 7.21. The van der Waals surface area contributed by atoms with Crippen molar-refractivity contribution in [3.05, 3.63) is 22.4 Å². The van der Waals surface area contributed by atoms with Crippen LogP contribution in [0.1, 0.15) is 31.7 Å². The molecule has 2 heterocycles. The van der Waals surface area contributed by atoms with E-state index in [1.165, 1.54) is 0 Å². The van der Waals surface area contributed by atoms with Gasteiger partial charge >= 0.3 is 5.97 Å². The molecule has 152 valence electrons. The number of carboxylic acid groups (broad SMARTS) is 1. The van der Waals surface area contributed by atoms with Gasteiger partial charge in [0, 0.05) is 24.5 Å². The van der Waals surface area contributed by atoms with Crippen molar-refractivity contribution in [3.8, 4) is 0 Å². The van der Waals surface area contributed by atoms with Gasteiger partial charge in [-0.25, -0.2) is 0 Å². The summed E-state index contributed by atoms with van der Waals surface area (Å²) in [5.41, 5.74) is -0.0758. The largest absolute Gasteiger partial charge is 0.480 e. The van der Waals surface area contributed by atoms with E-state index in [9.17, 15) is 9.59 Å². The second-order valence-electron chi connectivity index (χ2n) is 8.20. The Labute approximate surface area is 165 Å². The van der Waals surface area contributed by atoms with E-state index in [-0.39, 0.29) is 30.0 Å².